The predicted octanol–water partition coefficient (Wildman–Crippen LogP) is 1.73. The lowest BCUT2D eigenvalue weighted by atomic mass is 10.1. The molecule has 0 spiro atoms. The molecule has 1 aromatic rings. The molecule has 0 atom stereocenters. The Labute approximate surface area is 142 Å². The smallest absolute Gasteiger partial charge is 0.321 e. The van der Waals surface area contributed by atoms with Crippen LogP contribution in [-0.4, -0.2) is 63.0 Å². The summed E-state index contributed by atoms with van der Waals surface area (Å²) in [5, 5.41) is 2.83. The van der Waals surface area contributed by atoms with Crippen LogP contribution < -0.4 is 5.32 Å². The van der Waals surface area contributed by atoms with Gasteiger partial charge in [0.05, 0.1) is 18.1 Å². The highest BCUT2D eigenvalue weighted by Gasteiger charge is 2.26. The molecule has 2 heterocycles. The molecule has 2 aliphatic rings. The van der Waals surface area contributed by atoms with Crippen LogP contribution in [-0.2, 0) is 14.8 Å². The average molecular weight is 353 g/mol. The van der Waals surface area contributed by atoms with Gasteiger partial charge in [-0.3, -0.25) is 0 Å². The van der Waals surface area contributed by atoms with Gasteiger partial charge in [-0.1, -0.05) is 0 Å². The number of sulfonamides is 1. The van der Waals surface area contributed by atoms with E-state index in [1.807, 2.05) is 0 Å². The van der Waals surface area contributed by atoms with Crippen molar-refractivity contribution in [2.45, 2.75) is 24.2 Å². The highest BCUT2D eigenvalue weighted by molar-refractivity contribution is 7.89. The van der Waals surface area contributed by atoms with E-state index in [1.165, 1.54) is 16.4 Å². The SMILES string of the molecule is O=C(Nc1ccc(S(=O)(=O)N2CCOCC2)cc1)N1CCCCC1. The number of nitrogens with one attached hydrogen (secondary N) is 1. The third kappa shape index (κ3) is 3.88. The molecule has 0 saturated carbocycles. The number of hydrogen-bond acceptors (Lipinski definition) is 4. The average Bonchev–Trinajstić information content (AvgIpc) is 2.63. The first-order valence-corrected chi connectivity index (χ1v) is 9.75. The second-order valence-electron chi connectivity index (χ2n) is 6.02. The Morgan fingerprint density at radius 1 is 0.958 bits per heavy atom. The first kappa shape index (κ1) is 17.2. The number of nitrogens with zero attached hydrogens (tertiary/aromatic N) is 2. The summed E-state index contributed by atoms with van der Waals surface area (Å²) in [5.74, 6) is 0. The van der Waals surface area contributed by atoms with Crippen LogP contribution in [0.1, 0.15) is 19.3 Å². The topological polar surface area (TPSA) is 79.0 Å². The number of morpholine rings is 1. The molecule has 0 unspecified atom stereocenters. The van der Waals surface area contributed by atoms with Gasteiger partial charge in [0.2, 0.25) is 10.0 Å². The van der Waals surface area contributed by atoms with E-state index in [4.69, 9.17) is 4.74 Å². The van der Waals surface area contributed by atoms with E-state index in [0.29, 0.717) is 32.0 Å². The molecule has 2 amide bonds. The van der Waals surface area contributed by atoms with Crippen molar-refractivity contribution in [3.8, 4) is 0 Å². The Bertz CT molecular complexity index is 663. The first-order valence-electron chi connectivity index (χ1n) is 8.31. The molecule has 0 radical (unpaired) electrons. The summed E-state index contributed by atoms with van der Waals surface area (Å²) in [6.07, 6.45) is 3.23. The number of ether oxygens (including phenoxy) is 1. The zero-order valence-electron chi connectivity index (χ0n) is 13.6. The summed E-state index contributed by atoms with van der Waals surface area (Å²) in [6.45, 7) is 3.13. The van der Waals surface area contributed by atoms with Crippen molar-refractivity contribution in [3.05, 3.63) is 24.3 Å². The lowest BCUT2D eigenvalue weighted by Crippen LogP contribution is -2.40. The van der Waals surface area contributed by atoms with Gasteiger partial charge in [0.1, 0.15) is 0 Å². The quantitative estimate of drug-likeness (QED) is 0.897. The van der Waals surface area contributed by atoms with Crippen molar-refractivity contribution < 1.29 is 17.9 Å². The molecule has 1 aromatic carbocycles. The molecule has 2 aliphatic heterocycles. The van der Waals surface area contributed by atoms with Crippen LogP contribution in [0, 0.1) is 0 Å². The van der Waals surface area contributed by atoms with E-state index in [2.05, 4.69) is 5.32 Å². The van der Waals surface area contributed by atoms with E-state index in [-0.39, 0.29) is 10.9 Å². The van der Waals surface area contributed by atoms with Crippen LogP contribution in [0.15, 0.2) is 29.2 Å². The van der Waals surface area contributed by atoms with E-state index in [1.54, 1.807) is 17.0 Å². The van der Waals surface area contributed by atoms with Crippen LogP contribution in [0.2, 0.25) is 0 Å². The number of carbonyl (C=O) groups is 1. The van der Waals surface area contributed by atoms with Gasteiger partial charge in [-0.25, -0.2) is 13.2 Å². The van der Waals surface area contributed by atoms with Crippen molar-refractivity contribution in [1.82, 2.24) is 9.21 Å². The van der Waals surface area contributed by atoms with Gasteiger partial charge in [-0.15, -0.1) is 0 Å². The number of carbonyl (C=O) groups excluding carboxylic acids is 1. The second kappa shape index (κ2) is 7.50. The minimum atomic E-state index is -3.50. The third-order valence-electron chi connectivity index (χ3n) is 4.36. The maximum absolute atomic E-state index is 12.5. The molecular weight excluding hydrogens is 330 g/mol. The number of amides is 2. The number of urea groups is 1. The maximum Gasteiger partial charge on any atom is 0.321 e. The number of benzene rings is 1. The van der Waals surface area contributed by atoms with Gasteiger partial charge in [0.25, 0.3) is 0 Å². The minimum Gasteiger partial charge on any atom is -0.379 e. The van der Waals surface area contributed by atoms with Crippen molar-refractivity contribution in [2.24, 2.45) is 0 Å². The second-order valence-corrected chi connectivity index (χ2v) is 7.96. The first-order chi connectivity index (χ1) is 11.6. The highest BCUT2D eigenvalue weighted by Crippen LogP contribution is 2.20. The normalized spacial score (nSPS) is 19.9. The van der Waals surface area contributed by atoms with Gasteiger partial charge in [0.15, 0.2) is 0 Å². The van der Waals surface area contributed by atoms with Gasteiger partial charge in [-0.05, 0) is 43.5 Å². The van der Waals surface area contributed by atoms with Crippen LogP contribution in [0.4, 0.5) is 10.5 Å². The molecule has 3 rings (SSSR count). The molecule has 0 aliphatic carbocycles. The summed E-state index contributed by atoms with van der Waals surface area (Å²) in [6, 6.07) is 6.22. The molecule has 2 saturated heterocycles. The maximum atomic E-state index is 12.5. The van der Waals surface area contributed by atoms with Crippen LogP contribution in [0.25, 0.3) is 0 Å². The fourth-order valence-electron chi connectivity index (χ4n) is 2.95. The van der Waals surface area contributed by atoms with E-state index < -0.39 is 10.0 Å². The summed E-state index contributed by atoms with van der Waals surface area (Å²) in [7, 11) is -3.50. The standard InChI is InChI=1S/C16H23N3O4S/c20-16(18-8-2-1-3-9-18)17-14-4-6-15(7-5-14)24(21,22)19-10-12-23-13-11-19/h4-7H,1-3,8-13H2,(H,17,20). The Kier molecular flexibility index (Phi) is 5.37. The van der Waals surface area contributed by atoms with E-state index >= 15 is 0 Å². The minimum absolute atomic E-state index is 0.126. The van der Waals surface area contributed by atoms with Crippen LogP contribution in [0.3, 0.4) is 0 Å². The van der Waals surface area contributed by atoms with Crippen molar-refractivity contribution in [1.29, 1.82) is 0 Å². The zero-order chi connectivity index (χ0) is 17.0. The molecule has 0 aromatic heterocycles. The van der Waals surface area contributed by atoms with Crippen LogP contribution >= 0.6 is 0 Å². The Morgan fingerprint density at radius 3 is 2.21 bits per heavy atom. The van der Waals surface area contributed by atoms with Crippen molar-refractivity contribution in [3.63, 3.8) is 0 Å². The molecule has 24 heavy (non-hydrogen) atoms. The van der Waals surface area contributed by atoms with Crippen molar-refractivity contribution in [2.75, 3.05) is 44.7 Å². The number of piperidine rings is 1. The Balaban J connectivity index is 1.65. The summed E-state index contributed by atoms with van der Waals surface area (Å²) >= 11 is 0. The fraction of sp³-hybridized carbons (Fsp3) is 0.562. The lowest BCUT2D eigenvalue weighted by Gasteiger charge is -2.27. The molecule has 132 valence electrons. The summed E-state index contributed by atoms with van der Waals surface area (Å²) < 4.78 is 31.7. The predicted molar refractivity (Wildman–Crippen MR) is 90.5 cm³/mol. The van der Waals surface area contributed by atoms with Gasteiger partial charge >= 0.3 is 6.03 Å². The van der Waals surface area contributed by atoms with Crippen LogP contribution in [0.5, 0.6) is 0 Å². The number of likely N-dealkylation sites (tertiary alicyclic amines) is 1. The van der Waals surface area contributed by atoms with Gasteiger partial charge in [0, 0.05) is 31.9 Å². The van der Waals surface area contributed by atoms with Crippen molar-refractivity contribution >= 4 is 21.7 Å². The fourth-order valence-corrected chi connectivity index (χ4v) is 4.35. The largest absolute Gasteiger partial charge is 0.379 e. The molecule has 0 bridgehead atoms. The Hall–Kier alpha value is -1.64. The van der Waals surface area contributed by atoms with Gasteiger partial charge < -0.3 is 15.0 Å². The monoisotopic (exact) mass is 353 g/mol. The molecular formula is C16H23N3O4S. The molecule has 2 fully saturated rings. The van der Waals surface area contributed by atoms with Gasteiger partial charge in [-0.2, -0.15) is 4.31 Å². The summed E-state index contributed by atoms with van der Waals surface area (Å²) in [5.41, 5.74) is 0.603. The lowest BCUT2D eigenvalue weighted by molar-refractivity contribution is 0.0730. The molecule has 8 heteroatoms. The number of rotatable bonds is 3. The highest BCUT2D eigenvalue weighted by atomic mass is 32.2. The zero-order valence-corrected chi connectivity index (χ0v) is 14.4. The molecule has 7 nitrogen and oxygen atoms in total. The number of anilines is 1. The molecule has 1 N–H and O–H groups in total. The van der Waals surface area contributed by atoms with E-state index in [9.17, 15) is 13.2 Å². The Morgan fingerprint density at radius 2 is 1.58 bits per heavy atom. The summed E-state index contributed by atoms with van der Waals surface area (Å²) in [4.78, 5) is 14.2. The number of hydrogen-bond donors (Lipinski definition) is 1. The third-order valence-corrected chi connectivity index (χ3v) is 6.27. The van der Waals surface area contributed by atoms with E-state index in [0.717, 1.165) is 32.4 Å².